The van der Waals surface area contributed by atoms with Crippen molar-refractivity contribution in [3.05, 3.63) is 36.4 Å². The Hall–Kier alpha value is -2.02. The first kappa shape index (κ1) is 13.9. The molecule has 112 valence electrons. The number of hydrogen-bond donors (Lipinski definition) is 1. The molecule has 2 aromatic rings. The highest BCUT2D eigenvalue weighted by molar-refractivity contribution is 5.64. The zero-order chi connectivity index (χ0) is 14.9. The van der Waals surface area contributed by atoms with Crippen LogP contribution < -0.4 is 10.2 Å². The van der Waals surface area contributed by atoms with Gasteiger partial charge in [-0.25, -0.2) is 0 Å². The zero-order valence-electron chi connectivity index (χ0n) is 11.3. The van der Waals surface area contributed by atoms with Gasteiger partial charge in [0.15, 0.2) is 5.82 Å². The number of aromatic nitrogens is 2. The van der Waals surface area contributed by atoms with Crippen LogP contribution in [0.3, 0.4) is 0 Å². The fourth-order valence-corrected chi connectivity index (χ4v) is 2.42. The number of hydrogen-bond acceptors (Lipinski definition) is 3. The summed E-state index contributed by atoms with van der Waals surface area (Å²) in [5.41, 5.74) is 0.570. The van der Waals surface area contributed by atoms with E-state index in [1.54, 1.807) is 30.3 Å². The van der Waals surface area contributed by atoms with Crippen molar-refractivity contribution < 1.29 is 13.2 Å². The molecular weight excluding hydrogens is 281 g/mol. The molecule has 1 N–H and O–H groups in total. The minimum atomic E-state index is -4.53. The zero-order valence-corrected chi connectivity index (χ0v) is 11.3. The van der Waals surface area contributed by atoms with Crippen LogP contribution in [-0.2, 0) is 6.30 Å². The summed E-state index contributed by atoms with van der Waals surface area (Å²) in [5.74, 6) is 0.368. The molecule has 1 fully saturated rings. The molecule has 0 atom stereocenters. The van der Waals surface area contributed by atoms with E-state index in [1.165, 1.54) is 6.07 Å². The van der Waals surface area contributed by atoms with Gasteiger partial charge in [0.25, 0.3) is 0 Å². The number of anilines is 1. The fourth-order valence-electron chi connectivity index (χ4n) is 2.42. The van der Waals surface area contributed by atoms with Crippen LogP contribution in [0.5, 0.6) is 0 Å². The number of halogens is 3. The first-order valence-electron chi connectivity index (χ1n) is 6.74. The molecule has 21 heavy (non-hydrogen) atoms. The molecule has 0 saturated carbocycles. The number of piperazine rings is 1. The third-order valence-electron chi connectivity index (χ3n) is 3.45. The van der Waals surface area contributed by atoms with Crippen molar-refractivity contribution in [1.29, 1.82) is 0 Å². The van der Waals surface area contributed by atoms with Crippen LogP contribution in [-0.4, -0.2) is 36.0 Å². The quantitative estimate of drug-likeness (QED) is 0.924. The highest BCUT2D eigenvalue weighted by Crippen LogP contribution is 2.32. The molecule has 0 radical (unpaired) electrons. The van der Waals surface area contributed by atoms with Crippen molar-refractivity contribution in [1.82, 2.24) is 15.1 Å². The number of rotatable bonds is 2. The number of nitrogens with zero attached hydrogens (tertiary/aromatic N) is 3. The van der Waals surface area contributed by atoms with Crippen molar-refractivity contribution in [2.75, 3.05) is 31.1 Å². The molecule has 7 heteroatoms. The smallest absolute Gasteiger partial charge is 0.353 e. The Balaban J connectivity index is 2.03. The molecule has 2 heterocycles. The van der Waals surface area contributed by atoms with Crippen LogP contribution in [0, 0.1) is 0 Å². The molecular formula is C14H15F3N4. The molecule has 0 spiro atoms. The Morgan fingerprint density at radius 2 is 1.71 bits per heavy atom. The first-order chi connectivity index (χ1) is 10.1. The predicted molar refractivity (Wildman–Crippen MR) is 74.0 cm³/mol. The highest BCUT2D eigenvalue weighted by Gasteiger charge is 2.35. The van der Waals surface area contributed by atoms with E-state index in [9.17, 15) is 13.2 Å². The monoisotopic (exact) mass is 296 g/mol. The van der Waals surface area contributed by atoms with Crippen molar-refractivity contribution in [3.8, 4) is 11.3 Å². The Bertz CT molecular complexity index is 600. The number of nitrogens with one attached hydrogen (secondary N) is 1. The van der Waals surface area contributed by atoms with Gasteiger partial charge in [-0.05, 0) is 0 Å². The molecule has 4 nitrogen and oxygen atoms in total. The molecule has 3 rings (SSSR count). The lowest BCUT2D eigenvalue weighted by Crippen LogP contribution is -2.43. The summed E-state index contributed by atoms with van der Waals surface area (Å²) in [6, 6.07) is 10.0. The SMILES string of the molecule is FC(F)(F)n1nc(N2CCNCC2)cc1-c1ccccc1. The maximum Gasteiger partial charge on any atom is 0.505 e. The summed E-state index contributed by atoms with van der Waals surface area (Å²) < 4.78 is 39.7. The minimum Gasteiger partial charge on any atom is -0.353 e. The first-order valence-corrected chi connectivity index (χ1v) is 6.74. The molecule has 0 bridgehead atoms. The van der Waals surface area contributed by atoms with Gasteiger partial charge < -0.3 is 10.2 Å². The lowest BCUT2D eigenvalue weighted by atomic mass is 10.1. The summed E-state index contributed by atoms with van der Waals surface area (Å²) in [5, 5.41) is 6.94. The second-order valence-corrected chi connectivity index (χ2v) is 4.87. The van der Waals surface area contributed by atoms with Crippen LogP contribution >= 0.6 is 0 Å². The summed E-state index contributed by atoms with van der Waals surface area (Å²) in [6.45, 7) is 2.81. The lowest BCUT2D eigenvalue weighted by molar-refractivity contribution is -0.210. The molecule has 1 aliphatic heterocycles. The van der Waals surface area contributed by atoms with Gasteiger partial charge in [-0.2, -0.15) is 4.68 Å². The summed E-state index contributed by atoms with van der Waals surface area (Å²) in [7, 11) is 0. The van der Waals surface area contributed by atoms with Crippen LogP contribution in [0.15, 0.2) is 36.4 Å². The molecule has 0 aliphatic carbocycles. The van der Waals surface area contributed by atoms with E-state index in [2.05, 4.69) is 10.4 Å². The van der Waals surface area contributed by atoms with Crippen LogP contribution in [0.4, 0.5) is 19.0 Å². The largest absolute Gasteiger partial charge is 0.505 e. The summed E-state index contributed by atoms with van der Waals surface area (Å²) in [4.78, 5) is 1.87. The van der Waals surface area contributed by atoms with Crippen LogP contribution in [0.2, 0.25) is 0 Å². The van der Waals surface area contributed by atoms with Crippen LogP contribution in [0.25, 0.3) is 11.3 Å². The van der Waals surface area contributed by atoms with Crippen LogP contribution in [0.1, 0.15) is 0 Å². The van der Waals surface area contributed by atoms with E-state index < -0.39 is 6.30 Å². The Labute approximate surface area is 120 Å². The number of alkyl halides is 3. The average molecular weight is 296 g/mol. The van der Waals surface area contributed by atoms with E-state index in [-0.39, 0.29) is 10.4 Å². The normalized spacial score (nSPS) is 16.2. The van der Waals surface area contributed by atoms with E-state index >= 15 is 0 Å². The molecule has 1 saturated heterocycles. The van der Waals surface area contributed by atoms with Gasteiger partial charge in [0.2, 0.25) is 0 Å². The molecule has 0 unspecified atom stereocenters. The number of benzene rings is 1. The van der Waals surface area contributed by atoms with Gasteiger partial charge in [-0.3, -0.25) is 0 Å². The van der Waals surface area contributed by atoms with Gasteiger partial charge >= 0.3 is 6.30 Å². The van der Waals surface area contributed by atoms with Gasteiger partial charge in [-0.15, -0.1) is 18.3 Å². The average Bonchev–Trinajstić information content (AvgIpc) is 2.94. The highest BCUT2D eigenvalue weighted by atomic mass is 19.4. The topological polar surface area (TPSA) is 33.1 Å². The van der Waals surface area contributed by atoms with E-state index in [0.29, 0.717) is 24.5 Å². The Kier molecular flexibility index (Phi) is 3.59. The molecule has 1 aromatic carbocycles. The third-order valence-corrected chi connectivity index (χ3v) is 3.45. The van der Waals surface area contributed by atoms with Crippen molar-refractivity contribution in [2.45, 2.75) is 6.30 Å². The van der Waals surface area contributed by atoms with E-state index in [4.69, 9.17) is 0 Å². The van der Waals surface area contributed by atoms with Gasteiger partial charge in [-0.1, -0.05) is 30.3 Å². The summed E-state index contributed by atoms with van der Waals surface area (Å²) in [6.07, 6.45) is -4.53. The fraction of sp³-hybridized carbons (Fsp3) is 0.357. The maximum absolute atomic E-state index is 13.2. The minimum absolute atomic E-state index is 0.0663. The summed E-state index contributed by atoms with van der Waals surface area (Å²) >= 11 is 0. The Morgan fingerprint density at radius 1 is 1.05 bits per heavy atom. The van der Waals surface area contributed by atoms with Crippen molar-refractivity contribution in [3.63, 3.8) is 0 Å². The molecule has 0 amide bonds. The molecule has 1 aromatic heterocycles. The van der Waals surface area contributed by atoms with Crippen molar-refractivity contribution >= 4 is 5.82 Å². The Morgan fingerprint density at radius 3 is 2.33 bits per heavy atom. The van der Waals surface area contributed by atoms with E-state index in [0.717, 1.165) is 13.1 Å². The lowest BCUT2D eigenvalue weighted by Gasteiger charge is -2.27. The maximum atomic E-state index is 13.2. The van der Waals surface area contributed by atoms with Crippen molar-refractivity contribution in [2.24, 2.45) is 0 Å². The second kappa shape index (κ2) is 5.40. The predicted octanol–water partition coefficient (Wildman–Crippen LogP) is 2.44. The second-order valence-electron chi connectivity index (χ2n) is 4.87. The van der Waals surface area contributed by atoms with Gasteiger partial charge in [0.1, 0.15) is 0 Å². The van der Waals surface area contributed by atoms with E-state index in [1.807, 2.05) is 4.90 Å². The standard InChI is InChI=1S/C14H15F3N4/c15-14(16,17)21-12(11-4-2-1-3-5-11)10-13(19-21)20-8-6-18-7-9-20/h1-5,10,18H,6-9H2. The van der Waals surface area contributed by atoms with Gasteiger partial charge in [0, 0.05) is 37.8 Å². The third kappa shape index (κ3) is 2.87. The molecule has 1 aliphatic rings. The van der Waals surface area contributed by atoms with Gasteiger partial charge in [0.05, 0.1) is 5.69 Å².